The molecular formula is C26H37N5O3S. The predicted molar refractivity (Wildman–Crippen MR) is 137 cm³/mol. The van der Waals surface area contributed by atoms with Gasteiger partial charge >= 0.3 is 0 Å². The summed E-state index contributed by atoms with van der Waals surface area (Å²) in [5.41, 5.74) is 3.40. The van der Waals surface area contributed by atoms with Crippen LogP contribution in [0.1, 0.15) is 16.7 Å². The molecule has 8 nitrogen and oxygen atoms in total. The average Bonchev–Trinajstić information content (AvgIpc) is 2.85. The van der Waals surface area contributed by atoms with Crippen LogP contribution in [0.25, 0.3) is 0 Å². The van der Waals surface area contributed by atoms with Crippen LogP contribution in [-0.4, -0.2) is 99.3 Å². The number of sulfonamides is 1. The van der Waals surface area contributed by atoms with Gasteiger partial charge in [0.05, 0.1) is 11.4 Å². The lowest BCUT2D eigenvalue weighted by Gasteiger charge is -2.33. The second kappa shape index (κ2) is 11.6. The minimum absolute atomic E-state index is 0.0377. The summed E-state index contributed by atoms with van der Waals surface area (Å²) in [7, 11) is -1.33. The van der Waals surface area contributed by atoms with Crippen molar-refractivity contribution >= 4 is 15.9 Å². The standard InChI is InChI=1S/C26H37N5O3S/c1-22-6-8-25(9-7-22)35(33,34)31-16-14-30(15-17-31)21-26(32)27-19-23-4-3-5-24(18-23)20-29-12-10-28(2)11-13-29/h3-9,18H,10-17,19-21H2,1-2H3,(H,27,32). The summed E-state index contributed by atoms with van der Waals surface area (Å²) in [4.78, 5) is 19.7. The van der Waals surface area contributed by atoms with Gasteiger partial charge in [-0.3, -0.25) is 14.6 Å². The SMILES string of the molecule is Cc1ccc(S(=O)(=O)N2CCN(CC(=O)NCc3cccc(CN4CCN(C)CC4)c3)CC2)cc1. The molecule has 2 aromatic carbocycles. The molecule has 0 aliphatic carbocycles. The Balaban J connectivity index is 1.21. The first-order valence-corrected chi connectivity index (χ1v) is 13.8. The third-order valence-electron chi connectivity index (χ3n) is 6.84. The third-order valence-corrected chi connectivity index (χ3v) is 8.75. The highest BCUT2D eigenvalue weighted by molar-refractivity contribution is 7.89. The number of nitrogens with zero attached hydrogens (tertiary/aromatic N) is 4. The van der Waals surface area contributed by atoms with Crippen LogP contribution in [0.2, 0.25) is 0 Å². The van der Waals surface area contributed by atoms with Crippen molar-refractivity contribution in [2.45, 2.75) is 24.9 Å². The lowest BCUT2D eigenvalue weighted by atomic mass is 10.1. The van der Waals surface area contributed by atoms with Gasteiger partial charge in [-0.15, -0.1) is 0 Å². The molecule has 2 aliphatic heterocycles. The van der Waals surface area contributed by atoms with E-state index in [2.05, 4.69) is 40.4 Å². The van der Waals surface area contributed by atoms with Crippen molar-refractivity contribution in [2.24, 2.45) is 0 Å². The van der Waals surface area contributed by atoms with Crippen molar-refractivity contribution in [3.05, 3.63) is 65.2 Å². The highest BCUT2D eigenvalue weighted by Crippen LogP contribution is 2.18. The monoisotopic (exact) mass is 499 g/mol. The maximum Gasteiger partial charge on any atom is 0.243 e. The van der Waals surface area contributed by atoms with Gasteiger partial charge < -0.3 is 10.2 Å². The first-order valence-electron chi connectivity index (χ1n) is 12.3. The average molecular weight is 500 g/mol. The molecule has 2 fully saturated rings. The molecular weight excluding hydrogens is 462 g/mol. The molecule has 4 rings (SSSR count). The van der Waals surface area contributed by atoms with E-state index >= 15 is 0 Å². The summed E-state index contributed by atoms with van der Waals surface area (Å²) >= 11 is 0. The molecule has 0 radical (unpaired) electrons. The van der Waals surface area contributed by atoms with E-state index in [0.717, 1.165) is 43.9 Å². The number of aryl methyl sites for hydroxylation is 1. The molecule has 35 heavy (non-hydrogen) atoms. The van der Waals surface area contributed by atoms with Crippen LogP contribution in [0.3, 0.4) is 0 Å². The second-order valence-corrected chi connectivity index (χ2v) is 11.6. The van der Waals surface area contributed by atoms with Gasteiger partial charge in [-0.1, -0.05) is 42.0 Å². The van der Waals surface area contributed by atoms with E-state index in [1.54, 1.807) is 12.1 Å². The van der Waals surface area contributed by atoms with E-state index in [-0.39, 0.29) is 12.5 Å². The number of piperazine rings is 2. The molecule has 0 bridgehead atoms. The largest absolute Gasteiger partial charge is 0.351 e. The number of benzene rings is 2. The molecule has 2 aliphatic rings. The summed E-state index contributed by atoms with van der Waals surface area (Å²) in [6.45, 7) is 9.86. The highest BCUT2D eigenvalue weighted by Gasteiger charge is 2.29. The van der Waals surface area contributed by atoms with Crippen LogP contribution in [0, 0.1) is 6.92 Å². The topological polar surface area (TPSA) is 76.2 Å². The van der Waals surface area contributed by atoms with Gasteiger partial charge in [-0.25, -0.2) is 8.42 Å². The Bertz CT molecular complexity index is 1090. The maximum absolute atomic E-state index is 12.9. The summed E-state index contributed by atoms with van der Waals surface area (Å²) in [6, 6.07) is 15.4. The minimum Gasteiger partial charge on any atom is -0.351 e. The molecule has 2 heterocycles. The number of nitrogens with one attached hydrogen (secondary N) is 1. The molecule has 2 aromatic rings. The Morgan fingerprint density at radius 2 is 1.49 bits per heavy atom. The molecule has 1 amide bonds. The van der Waals surface area contributed by atoms with Crippen LogP contribution in [0.15, 0.2) is 53.4 Å². The molecule has 1 N–H and O–H groups in total. The number of carbonyl (C=O) groups is 1. The zero-order valence-corrected chi connectivity index (χ0v) is 21.6. The van der Waals surface area contributed by atoms with E-state index in [1.807, 2.05) is 30.0 Å². The molecule has 0 unspecified atom stereocenters. The van der Waals surface area contributed by atoms with E-state index in [9.17, 15) is 13.2 Å². The third kappa shape index (κ3) is 7.11. The van der Waals surface area contributed by atoms with Crippen LogP contribution < -0.4 is 5.32 Å². The molecule has 0 atom stereocenters. The van der Waals surface area contributed by atoms with Crippen molar-refractivity contribution in [1.29, 1.82) is 0 Å². The Hall–Kier alpha value is -2.30. The molecule has 0 saturated carbocycles. The van der Waals surface area contributed by atoms with Gasteiger partial charge in [0.2, 0.25) is 15.9 Å². The van der Waals surface area contributed by atoms with E-state index in [1.165, 1.54) is 9.87 Å². The predicted octanol–water partition coefficient (Wildman–Crippen LogP) is 1.37. The smallest absolute Gasteiger partial charge is 0.243 e. The van der Waals surface area contributed by atoms with Gasteiger partial charge in [0.15, 0.2) is 0 Å². The summed E-state index contributed by atoms with van der Waals surface area (Å²) in [6.07, 6.45) is 0. The first kappa shape index (κ1) is 25.8. The lowest BCUT2D eigenvalue weighted by Crippen LogP contribution is -2.50. The lowest BCUT2D eigenvalue weighted by molar-refractivity contribution is -0.122. The normalized spacial score (nSPS) is 19.0. The van der Waals surface area contributed by atoms with Gasteiger partial charge in [0.25, 0.3) is 0 Å². The maximum atomic E-state index is 12.9. The Labute approximate surface area is 209 Å². The van der Waals surface area contributed by atoms with Crippen LogP contribution in [0.5, 0.6) is 0 Å². The summed E-state index contributed by atoms with van der Waals surface area (Å²) in [5.74, 6) is -0.0377. The van der Waals surface area contributed by atoms with Gasteiger partial charge in [-0.2, -0.15) is 4.31 Å². The summed E-state index contributed by atoms with van der Waals surface area (Å²) < 4.78 is 27.3. The van der Waals surface area contributed by atoms with Crippen molar-refractivity contribution < 1.29 is 13.2 Å². The Morgan fingerprint density at radius 3 is 2.17 bits per heavy atom. The fourth-order valence-corrected chi connectivity index (χ4v) is 5.97. The van der Waals surface area contributed by atoms with Gasteiger partial charge in [-0.05, 0) is 37.2 Å². The van der Waals surface area contributed by atoms with Gasteiger partial charge in [0, 0.05) is 65.4 Å². The van der Waals surface area contributed by atoms with Gasteiger partial charge in [0.1, 0.15) is 0 Å². The first-order chi connectivity index (χ1) is 16.8. The van der Waals surface area contributed by atoms with Crippen LogP contribution in [-0.2, 0) is 27.9 Å². The molecule has 2 saturated heterocycles. The van der Waals surface area contributed by atoms with Crippen LogP contribution in [0.4, 0.5) is 0 Å². The number of hydrogen-bond donors (Lipinski definition) is 1. The van der Waals surface area contributed by atoms with Crippen molar-refractivity contribution in [2.75, 3.05) is 66.0 Å². The fraction of sp³-hybridized carbons (Fsp3) is 0.500. The molecule has 0 aromatic heterocycles. The highest BCUT2D eigenvalue weighted by atomic mass is 32.2. The van der Waals surface area contributed by atoms with Crippen LogP contribution >= 0.6 is 0 Å². The second-order valence-electron chi connectivity index (χ2n) is 9.67. The quantitative estimate of drug-likeness (QED) is 0.591. The molecule has 9 heteroatoms. The fourth-order valence-electron chi connectivity index (χ4n) is 4.55. The number of hydrogen-bond acceptors (Lipinski definition) is 6. The number of amides is 1. The van der Waals surface area contributed by atoms with Crippen molar-refractivity contribution in [1.82, 2.24) is 24.3 Å². The molecule has 0 spiro atoms. The number of likely N-dealkylation sites (N-methyl/N-ethyl adjacent to an activating group) is 1. The number of rotatable bonds is 8. The van der Waals surface area contributed by atoms with Crippen molar-refractivity contribution in [3.63, 3.8) is 0 Å². The Morgan fingerprint density at radius 1 is 0.857 bits per heavy atom. The van der Waals surface area contributed by atoms with E-state index < -0.39 is 10.0 Å². The molecule has 190 valence electrons. The zero-order chi connectivity index (χ0) is 24.8. The van der Waals surface area contributed by atoms with Crippen molar-refractivity contribution in [3.8, 4) is 0 Å². The number of carbonyl (C=O) groups excluding carboxylic acids is 1. The van der Waals surface area contributed by atoms with E-state index in [4.69, 9.17) is 0 Å². The minimum atomic E-state index is -3.49. The summed E-state index contributed by atoms with van der Waals surface area (Å²) in [5, 5.41) is 3.02. The van der Waals surface area contributed by atoms with E-state index in [0.29, 0.717) is 37.6 Å². The Kier molecular flexibility index (Phi) is 8.56. The zero-order valence-electron chi connectivity index (χ0n) is 20.8.